The fourth-order valence-electron chi connectivity index (χ4n) is 3.11. The number of hydrogen-bond acceptors (Lipinski definition) is 4. The van der Waals surface area contributed by atoms with Crippen molar-refractivity contribution < 1.29 is 27.2 Å². The standard InChI is InChI=1S/C19H22FN3O4S/c1-27-17-4-2-3-16(13-17)21-19(24)14-22-9-11-23(12-10-22)28(25,26)18-7-5-15(20)6-8-18/h2-8,13H,9-12,14H2,1H3,(H,21,24)/p+1. The number of nitrogens with zero attached hydrogens (tertiary/aromatic N) is 1. The second kappa shape index (κ2) is 8.68. The molecule has 2 aromatic carbocycles. The van der Waals surface area contributed by atoms with Crippen molar-refractivity contribution in [2.75, 3.05) is 45.2 Å². The molecule has 2 N–H and O–H groups in total. The molecule has 0 radical (unpaired) electrons. The minimum Gasteiger partial charge on any atom is -0.497 e. The molecule has 2 aromatic rings. The largest absolute Gasteiger partial charge is 0.497 e. The van der Waals surface area contributed by atoms with E-state index in [1.54, 1.807) is 31.4 Å². The fraction of sp³-hybridized carbons (Fsp3) is 0.316. The number of amides is 1. The zero-order valence-corrected chi connectivity index (χ0v) is 16.3. The van der Waals surface area contributed by atoms with Crippen LogP contribution in [0.1, 0.15) is 0 Å². The molecular weight excluding hydrogens is 385 g/mol. The number of rotatable bonds is 6. The normalized spacial score (nSPS) is 15.9. The van der Waals surface area contributed by atoms with E-state index in [2.05, 4.69) is 5.32 Å². The number of carbonyl (C=O) groups excluding carboxylic acids is 1. The van der Waals surface area contributed by atoms with Gasteiger partial charge in [0.2, 0.25) is 10.0 Å². The molecule has 0 aliphatic carbocycles. The average molecular weight is 408 g/mol. The lowest BCUT2D eigenvalue weighted by atomic mass is 10.3. The Labute approximate surface area is 163 Å². The Kier molecular flexibility index (Phi) is 6.28. The number of quaternary nitrogens is 1. The molecule has 1 amide bonds. The summed E-state index contributed by atoms with van der Waals surface area (Å²) < 4.78 is 44.8. The van der Waals surface area contributed by atoms with Gasteiger partial charge >= 0.3 is 0 Å². The summed E-state index contributed by atoms with van der Waals surface area (Å²) in [7, 11) is -2.09. The summed E-state index contributed by atoms with van der Waals surface area (Å²) in [6, 6.07) is 11.9. The maximum absolute atomic E-state index is 13.0. The van der Waals surface area contributed by atoms with Crippen LogP contribution >= 0.6 is 0 Å². The quantitative estimate of drug-likeness (QED) is 0.724. The van der Waals surface area contributed by atoms with Gasteiger partial charge in [-0.1, -0.05) is 6.07 Å². The highest BCUT2D eigenvalue weighted by molar-refractivity contribution is 7.89. The smallest absolute Gasteiger partial charge is 0.279 e. The van der Waals surface area contributed by atoms with Crippen LogP contribution < -0.4 is 15.0 Å². The lowest BCUT2D eigenvalue weighted by Crippen LogP contribution is -3.15. The molecule has 28 heavy (non-hydrogen) atoms. The van der Waals surface area contributed by atoms with E-state index >= 15 is 0 Å². The van der Waals surface area contributed by atoms with Gasteiger partial charge < -0.3 is 15.0 Å². The second-order valence-corrected chi connectivity index (χ2v) is 8.50. The van der Waals surface area contributed by atoms with Gasteiger partial charge in [0.1, 0.15) is 11.6 Å². The SMILES string of the molecule is COc1cccc(NC(=O)C[NH+]2CCN(S(=O)(=O)c3ccc(F)cc3)CC2)c1. The van der Waals surface area contributed by atoms with Crippen LogP contribution in [-0.4, -0.2) is 58.5 Å². The lowest BCUT2D eigenvalue weighted by Gasteiger charge is -2.31. The number of nitrogens with one attached hydrogen (secondary N) is 2. The van der Waals surface area contributed by atoms with Gasteiger partial charge in [-0.2, -0.15) is 4.31 Å². The molecule has 150 valence electrons. The molecule has 3 rings (SSSR count). The van der Waals surface area contributed by atoms with Gasteiger partial charge in [-0.25, -0.2) is 12.8 Å². The van der Waals surface area contributed by atoms with Crippen LogP contribution in [-0.2, 0) is 14.8 Å². The number of benzene rings is 2. The van der Waals surface area contributed by atoms with E-state index in [1.807, 2.05) is 0 Å². The number of sulfonamides is 1. The molecule has 0 atom stereocenters. The van der Waals surface area contributed by atoms with Crippen molar-refractivity contribution in [3.63, 3.8) is 0 Å². The number of piperazine rings is 1. The summed E-state index contributed by atoms with van der Waals surface area (Å²) in [5, 5.41) is 2.83. The molecule has 7 nitrogen and oxygen atoms in total. The van der Waals surface area contributed by atoms with Gasteiger partial charge in [0.15, 0.2) is 6.54 Å². The van der Waals surface area contributed by atoms with Crippen LogP contribution in [0.4, 0.5) is 10.1 Å². The molecular formula is C19H23FN3O4S+. The third kappa shape index (κ3) is 4.86. The molecule has 0 saturated carbocycles. The van der Waals surface area contributed by atoms with E-state index in [1.165, 1.54) is 16.4 Å². The van der Waals surface area contributed by atoms with E-state index < -0.39 is 15.8 Å². The molecule has 9 heteroatoms. The average Bonchev–Trinajstić information content (AvgIpc) is 2.69. The van der Waals surface area contributed by atoms with E-state index in [0.29, 0.717) is 37.6 Å². The molecule has 0 bridgehead atoms. The monoisotopic (exact) mass is 408 g/mol. The summed E-state index contributed by atoms with van der Waals surface area (Å²) in [6.45, 7) is 1.91. The number of hydrogen-bond donors (Lipinski definition) is 2. The molecule has 1 aliphatic rings. The molecule has 0 aromatic heterocycles. The highest BCUT2D eigenvalue weighted by Gasteiger charge is 2.31. The van der Waals surface area contributed by atoms with Crippen LogP contribution in [0.2, 0.25) is 0 Å². The second-order valence-electron chi connectivity index (χ2n) is 6.56. The Bertz CT molecular complexity index is 926. The van der Waals surface area contributed by atoms with Crippen molar-refractivity contribution >= 4 is 21.6 Å². The lowest BCUT2D eigenvalue weighted by molar-refractivity contribution is -0.895. The number of halogens is 1. The number of anilines is 1. The van der Waals surface area contributed by atoms with Gasteiger partial charge in [0, 0.05) is 11.8 Å². The molecule has 1 fully saturated rings. The summed E-state index contributed by atoms with van der Waals surface area (Å²) in [5.41, 5.74) is 0.654. The molecule has 0 spiro atoms. The van der Waals surface area contributed by atoms with Crippen molar-refractivity contribution in [2.24, 2.45) is 0 Å². The van der Waals surface area contributed by atoms with Crippen molar-refractivity contribution in [1.82, 2.24) is 4.31 Å². The van der Waals surface area contributed by atoms with E-state index in [9.17, 15) is 17.6 Å². The molecule has 1 saturated heterocycles. The Morgan fingerprint density at radius 1 is 1.18 bits per heavy atom. The number of methoxy groups -OCH3 is 1. The first kappa shape index (κ1) is 20.2. The van der Waals surface area contributed by atoms with Crippen LogP contribution in [0.15, 0.2) is 53.4 Å². The van der Waals surface area contributed by atoms with Crippen LogP contribution in [0, 0.1) is 5.82 Å². The summed E-state index contributed by atoms with van der Waals surface area (Å²) >= 11 is 0. The maximum atomic E-state index is 13.0. The van der Waals surface area contributed by atoms with Crippen molar-refractivity contribution in [2.45, 2.75) is 4.90 Å². The predicted octanol–water partition coefficient (Wildman–Crippen LogP) is 0.362. The van der Waals surface area contributed by atoms with Gasteiger partial charge in [-0.15, -0.1) is 0 Å². The molecule has 1 heterocycles. The van der Waals surface area contributed by atoms with Gasteiger partial charge in [-0.05, 0) is 36.4 Å². The van der Waals surface area contributed by atoms with E-state index in [-0.39, 0.29) is 17.3 Å². The number of ether oxygens (including phenoxy) is 1. The molecule has 0 unspecified atom stereocenters. The summed E-state index contributed by atoms with van der Waals surface area (Å²) in [4.78, 5) is 13.4. The van der Waals surface area contributed by atoms with Crippen LogP contribution in [0.5, 0.6) is 5.75 Å². The van der Waals surface area contributed by atoms with Crippen molar-refractivity contribution in [3.05, 3.63) is 54.3 Å². The summed E-state index contributed by atoms with van der Waals surface area (Å²) in [6.07, 6.45) is 0. The van der Waals surface area contributed by atoms with Crippen molar-refractivity contribution in [3.8, 4) is 5.75 Å². The Hall–Kier alpha value is -2.49. The first-order chi connectivity index (χ1) is 13.4. The maximum Gasteiger partial charge on any atom is 0.279 e. The highest BCUT2D eigenvalue weighted by Crippen LogP contribution is 2.17. The fourth-order valence-corrected chi connectivity index (χ4v) is 4.55. The first-order valence-corrected chi connectivity index (χ1v) is 10.4. The zero-order valence-electron chi connectivity index (χ0n) is 15.5. The zero-order chi connectivity index (χ0) is 20.1. The summed E-state index contributed by atoms with van der Waals surface area (Å²) in [5.74, 6) is 0.0399. The van der Waals surface area contributed by atoms with E-state index in [0.717, 1.165) is 17.0 Å². The first-order valence-electron chi connectivity index (χ1n) is 8.91. The minimum atomic E-state index is -3.65. The molecule has 1 aliphatic heterocycles. The third-order valence-electron chi connectivity index (χ3n) is 4.64. The van der Waals surface area contributed by atoms with Gasteiger partial charge in [0.25, 0.3) is 5.91 Å². The van der Waals surface area contributed by atoms with Crippen molar-refractivity contribution in [1.29, 1.82) is 0 Å². The highest BCUT2D eigenvalue weighted by atomic mass is 32.2. The Morgan fingerprint density at radius 2 is 1.86 bits per heavy atom. The Morgan fingerprint density at radius 3 is 2.50 bits per heavy atom. The van der Waals surface area contributed by atoms with Crippen LogP contribution in [0.3, 0.4) is 0 Å². The van der Waals surface area contributed by atoms with Gasteiger partial charge in [0.05, 0.1) is 38.2 Å². The van der Waals surface area contributed by atoms with Gasteiger partial charge in [-0.3, -0.25) is 4.79 Å². The minimum absolute atomic E-state index is 0.0770. The third-order valence-corrected chi connectivity index (χ3v) is 6.56. The topological polar surface area (TPSA) is 80.2 Å². The number of carbonyl (C=O) groups is 1. The predicted molar refractivity (Wildman–Crippen MR) is 102 cm³/mol. The van der Waals surface area contributed by atoms with Crippen LogP contribution in [0.25, 0.3) is 0 Å². The Balaban J connectivity index is 1.53. The van der Waals surface area contributed by atoms with E-state index in [4.69, 9.17) is 4.74 Å².